The van der Waals surface area contributed by atoms with E-state index in [2.05, 4.69) is 26.7 Å². The molecule has 27 heavy (non-hydrogen) atoms. The van der Waals surface area contributed by atoms with E-state index < -0.39 is 0 Å². The molecule has 0 bridgehead atoms. The second kappa shape index (κ2) is 8.64. The quantitative estimate of drug-likeness (QED) is 0.662. The Balaban J connectivity index is 1.61. The van der Waals surface area contributed by atoms with Gasteiger partial charge in [-0.3, -0.25) is 4.79 Å². The van der Waals surface area contributed by atoms with Crippen molar-refractivity contribution in [3.63, 3.8) is 0 Å². The van der Waals surface area contributed by atoms with Gasteiger partial charge in [-0.1, -0.05) is 41.4 Å². The summed E-state index contributed by atoms with van der Waals surface area (Å²) in [5.41, 5.74) is 4.59. The van der Waals surface area contributed by atoms with Crippen LogP contribution in [0, 0.1) is 13.8 Å². The summed E-state index contributed by atoms with van der Waals surface area (Å²) in [6.45, 7) is 4.56. The molecule has 0 radical (unpaired) electrons. The molecular formula is C21H21ClN4O. The molecule has 1 amide bonds. The molecule has 0 aliphatic heterocycles. The van der Waals surface area contributed by atoms with E-state index in [1.165, 1.54) is 5.56 Å². The highest BCUT2D eigenvalue weighted by Crippen LogP contribution is 2.19. The Labute approximate surface area is 163 Å². The molecule has 138 valence electrons. The predicted molar refractivity (Wildman–Crippen MR) is 109 cm³/mol. The van der Waals surface area contributed by atoms with Gasteiger partial charge in [0.05, 0.1) is 0 Å². The first-order valence-corrected chi connectivity index (χ1v) is 9.09. The Bertz CT molecular complexity index is 958. The smallest absolute Gasteiger partial charge is 0.270 e. The van der Waals surface area contributed by atoms with Crippen LogP contribution < -0.4 is 10.6 Å². The van der Waals surface area contributed by atoms with Crippen LogP contribution in [0.4, 0.5) is 11.6 Å². The van der Waals surface area contributed by atoms with Gasteiger partial charge in [0.2, 0.25) is 5.95 Å². The summed E-state index contributed by atoms with van der Waals surface area (Å²) in [6, 6.07) is 15.3. The van der Waals surface area contributed by atoms with Gasteiger partial charge in [0, 0.05) is 23.5 Å². The minimum atomic E-state index is -0.233. The summed E-state index contributed by atoms with van der Waals surface area (Å²) in [5, 5.41) is 6.73. The zero-order valence-corrected chi connectivity index (χ0v) is 16.0. The van der Waals surface area contributed by atoms with Crippen LogP contribution in [0.2, 0.25) is 5.02 Å². The third kappa shape index (κ3) is 5.28. The number of aryl methyl sites for hydroxylation is 2. The van der Waals surface area contributed by atoms with Crippen molar-refractivity contribution in [1.82, 2.24) is 15.3 Å². The number of amides is 1. The van der Waals surface area contributed by atoms with Crippen LogP contribution in [0.25, 0.3) is 0 Å². The van der Waals surface area contributed by atoms with Gasteiger partial charge in [-0.15, -0.1) is 0 Å². The molecule has 0 fully saturated rings. The molecule has 0 saturated carbocycles. The second-order valence-corrected chi connectivity index (χ2v) is 6.78. The molecule has 1 aromatic heterocycles. The molecule has 0 aliphatic rings. The first kappa shape index (κ1) is 18.9. The topological polar surface area (TPSA) is 66.9 Å². The summed E-state index contributed by atoms with van der Waals surface area (Å²) < 4.78 is 0. The fourth-order valence-corrected chi connectivity index (χ4v) is 2.94. The maximum absolute atomic E-state index is 12.4. The van der Waals surface area contributed by atoms with Crippen molar-refractivity contribution >= 4 is 29.1 Å². The normalized spacial score (nSPS) is 10.5. The van der Waals surface area contributed by atoms with E-state index in [4.69, 9.17) is 11.6 Å². The Morgan fingerprint density at radius 3 is 2.74 bits per heavy atom. The number of hydrogen-bond donors (Lipinski definition) is 2. The zero-order valence-electron chi connectivity index (χ0n) is 15.3. The van der Waals surface area contributed by atoms with Crippen molar-refractivity contribution in [2.24, 2.45) is 0 Å². The van der Waals surface area contributed by atoms with Gasteiger partial charge >= 0.3 is 0 Å². The SMILES string of the molecule is Cc1ccc(Nc2nccc(C(=O)NCCc3cccc(Cl)c3)n2)c(C)c1. The number of carbonyl (C=O) groups is 1. The van der Waals surface area contributed by atoms with Crippen LogP contribution in [0.3, 0.4) is 0 Å². The van der Waals surface area contributed by atoms with E-state index in [9.17, 15) is 4.79 Å². The van der Waals surface area contributed by atoms with Crippen molar-refractivity contribution in [2.75, 3.05) is 11.9 Å². The average Bonchev–Trinajstić information content (AvgIpc) is 2.64. The largest absolute Gasteiger partial charge is 0.350 e. The van der Waals surface area contributed by atoms with Gasteiger partial charge in [0.1, 0.15) is 5.69 Å². The lowest BCUT2D eigenvalue weighted by Gasteiger charge is -2.10. The number of carbonyl (C=O) groups excluding carboxylic acids is 1. The van der Waals surface area contributed by atoms with Gasteiger partial charge < -0.3 is 10.6 Å². The van der Waals surface area contributed by atoms with Crippen LogP contribution in [-0.4, -0.2) is 22.4 Å². The Hall–Kier alpha value is -2.92. The maximum Gasteiger partial charge on any atom is 0.270 e. The molecule has 2 aromatic carbocycles. The van der Waals surface area contributed by atoms with Crippen LogP contribution in [0.15, 0.2) is 54.7 Å². The number of benzene rings is 2. The Morgan fingerprint density at radius 2 is 1.96 bits per heavy atom. The minimum absolute atomic E-state index is 0.233. The molecular weight excluding hydrogens is 360 g/mol. The monoisotopic (exact) mass is 380 g/mol. The van der Waals surface area contributed by atoms with Gasteiger partial charge in [-0.25, -0.2) is 9.97 Å². The minimum Gasteiger partial charge on any atom is -0.350 e. The molecule has 0 atom stereocenters. The van der Waals surface area contributed by atoms with E-state index in [0.717, 1.165) is 16.8 Å². The highest BCUT2D eigenvalue weighted by Gasteiger charge is 2.09. The summed E-state index contributed by atoms with van der Waals surface area (Å²) in [4.78, 5) is 20.9. The number of aromatic nitrogens is 2. The van der Waals surface area contributed by atoms with Crippen LogP contribution in [0.5, 0.6) is 0 Å². The third-order valence-corrected chi connectivity index (χ3v) is 4.34. The number of rotatable bonds is 6. The lowest BCUT2D eigenvalue weighted by Crippen LogP contribution is -2.26. The van der Waals surface area contributed by atoms with Gasteiger partial charge in [-0.2, -0.15) is 0 Å². The molecule has 3 aromatic rings. The van der Waals surface area contributed by atoms with Crippen molar-refractivity contribution in [2.45, 2.75) is 20.3 Å². The number of halogens is 1. The van der Waals surface area contributed by atoms with E-state index in [1.54, 1.807) is 12.3 Å². The summed E-state index contributed by atoms with van der Waals surface area (Å²) in [7, 11) is 0. The van der Waals surface area contributed by atoms with Crippen molar-refractivity contribution in [1.29, 1.82) is 0 Å². The van der Waals surface area contributed by atoms with Gasteiger partial charge in [0.15, 0.2) is 0 Å². The lowest BCUT2D eigenvalue weighted by molar-refractivity contribution is 0.0949. The van der Waals surface area contributed by atoms with E-state index in [-0.39, 0.29) is 5.91 Å². The van der Waals surface area contributed by atoms with E-state index in [0.29, 0.717) is 29.6 Å². The molecule has 0 spiro atoms. The number of hydrogen-bond acceptors (Lipinski definition) is 4. The lowest BCUT2D eigenvalue weighted by atomic mass is 10.1. The third-order valence-electron chi connectivity index (χ3n) is 4.10. The van der Waals surface area contributed by atoms with Crippen LogP contribution in [0.1, 0.15) is 27.2 Å². The molecule has 5 nitrogen and oxygen atoms in total. The first-order chi connectivity index (χ1) is 13.0. The molecule has 1 heterocycles. The Kier molecular flexibility index (Phi) is 6.04. The molecule has 2 N–H and O–H groups in total. The van der Waals surface area contributed by atoms with Crippen LogP contribution in [-0.2, 0) is 6.42 Å². The predicted octanol–water partition coefficient (Wildman–Crippen LogP) is 4.46. The summed E-state index contributed by atoms with van der Waals surface area (Å²) in [5.74, 6) is 0.160. The fourth-order valence-electron chi connectivity index (χ4n) is 2.72. The van der Waals surface area contributed by atoms with Crippen molar-refractivity contribution in [3.05, 3.63) is 82.1 Å². The van der Waals surface area contributed by atoms with Gasteiger partial charge in [0.25, 0.3) is 5.91 Å². The molecule has 6 heteroatoms. The fraction of sp³-hybridized carbons (Fsp3) is 0.190. The molecule has 3 rings (SSSR count). The molecule has 0 saturated heterocycles. The number of nitrogens with zero attached hydrogens (tertiary/aromatic N) is 2. The second-order valence-electron chi connectivity index (χ2n) is 6.34. The standard InChI is InChI=1S/C21H21ClN4O/c1-14-6-7-18(15(2)12-14)25-21-24-11-9-19(26-21)20(27)23-10-8-16-4-3-5-17(22)13-16/h3-7,9,11-13H,8,10H2,1-2H3,(H,23,27)(H,24,25,26). The Morgan fingerprint density at radius 1 is 1.11 bits per heavy atom. The summed E-state index contributed by atoms with van der Waals surface area (Å²) >= 11 is 5.97. The highest BCUT2D eigenvalue weighted by atomic mass is 35.5. The van der Waals surface area contributed by atoms with E-state index >= 15 is 0 Å². The highest BCUT2D eigenvalue weighted by molar-refractivity contribution is 6.30. The maximum atomic E-state index is 12.4. The first-order valence-electron chi connectivity index (χ1n) is 8.71. The van der Waals surface area contributed by atoms with E-state index in [1.807, 2.05) is 50.2 Å². The zero-order chi connectivity index (χ0) is 19.2. The van der Waals surface area contributed by atoms with Crippen molar-refractivity contribution in [3.8, 4) is 0 Å². The number of nitrogens with one attached hydrogen (secondary N) is 2. The van der Waals surface area contributed by atoms with Crippen molar-refractivity contribution < 1.29 is 4.79 Å². The van der Waals surface area contributed by atoms with Gasteiger partial charge in [-0.05, 0) is 55.7 Å². The average molecular weight is 381 g/mol. The molecule has 0 unspecified atom stereocenters. The molecule has 0 aliphatic carbocycles. The van der Waals surface area contributed by atoms with Crippen LogP contribution >= 0.6 is 11.6 Å². The summed E-state index contributed by atoms with van der Waals surface area (Å²) in [6.07, 6.45) is 2.27. The number of anilines is 2.